The van der Waals surface area contributed by atoms with Crippen molar-refractivity contribution in [2.45, 2.75) is 0 Å². The van der Waals surface area contributed by atoms with Gasteiger partial charge in [0.15, 0.2) is 0 Å². The molecule has 17 heavy (non-hydrogen) atoms. The summed E-state index contributed by atoms with van der Waals surface area (Å²) in [5, 5.41) is 0.642. The summed E-state index contributed by atoms with van der Waals surface area (Å²) in [5.41, 5.74) is 6.17. The summed E-state index contributed by atoms with van der Waals surface area (Å²) in [5.74, 6) is -1.45. The molecule has 0 bridgehead atoms. The second kappa shape index (κ2) is 4.51. The van der Waals surface area contributed by atoms with E-state index in [1.54, 1.807) is 6.07 Å². The highest BCUT2D eigenvalue weighted by molar-refractivity contribution is 6.42. The van der Waals surface area contributed by atoms with Crippen LogP contribution in [0.2, 0.25) is 10.0 Å². The lowest BCUT2D eigenvalue weighted by Crippen LogP contribution is -1.95. The van der Waals surface area contributed by atoms with E-state index in [0.29, 0.717) is 10.6 Å². The van der Waals surface area contributed by atoms with Gasteiger partial charge in [0.05, 0.1) is 10.0 Å². The molecule has 0 heterocycles. The van der Waals surface area contributed by atoms with E-state index < -0.39 is 11.6 Å². The molecule has 2 aromatic rings. The van der Waals surface area contributed by atoms with Crippen LogP contribution in [0.15, 0.2) is 30.3 Å². The summed E-state index contributed by atoms with van der Waals surface area (Å²) in [6, 6.07) is 6.41. The Hall–Kier alpha value is -1.32. The van der Waals surface area contributed by atoms with Crippen LogP contribution in [0, 0.1) is 11.6 Å². The molecular formula is C12H7Cl2F2N. The van der Waals surface area contributed by atoms with Gasteiger partial charge >= 0.3 is 0 Å². The Bertz CT molecular complexity index is 562. The largest absolute Gasteiger partial charge is 0.398 e. The van der Waals surface area contributed by atoms with Crippen molar-refractivity contribution in [2.75, 3.05) is 5.73 Å². The minimum atomic E-state index is -0.735. The Morgan fingerprint density at radius 2 is 1.65 bits per heavy atom. The number of halogens is 4. The maximum absolute atomic E-state index is 13.6. The number of anilines is 1. The summed E-state index contributed by atoms with van der Waals surface area (Å²) in [6.07, 6.45) is 0. The zero-order valence-corrected chi connectivity index (χ0v) is 9.99. The lowest BCUT2D eigenvalue weighted by molar-refractivity contribution is 0.586. The van der Waals surface area contributed by atoms with E-state index in [2.05, 4.69) is 0 Å². The predicted octanol–water partition coefficient (Wildman–Crippen LogP) is 4.52. The first-order valence-corrected chi connectivity index (χ1v) is 5.44. The quantitative estimate of drug-likeness (QED) is 0.760. The number of hydrogen-bond acceptors (Lipinski definition) is 1. The van der Waals surface area contributed by atoms with E-state index in [0.717, 1.165) is 12.1 Å². The number of nitrogens with two attached hydrogens (primary N) is 1. The summed E-state index contributed by atoms with van der Waals surface area (Å²) in [7, 11) is 0. The maximum atomic E-state index is 13.6. The van der Waals surface area contributed by atoms with Crippen LogP contribution >= 0.6 is 23.2 Å². The Morgan fingerprint density at radius 1 is 0.941 bits per heavy atom. The molecule has 0 aliphatic heterocycles. The molecule has 0 radical (unpaired) electrons. The molecule has 0 unspecified atom stereocenters. The van der Waals surface area contributed by atoms with E-state index in [9.17, 15) is 8.78 Å². The monoisotopic (exact) mass is 273 g/mol. The normalized spacial score (nSPS) is 10.6. The smallest absolute Gasteiger partial charge is 0.136 e. The minimum absolute atomic E-state index is 0.0147. The van der Waals surface area contributed by atoms with Crippen molar-refractivity contribution in [1.82, 2.24) is 0 Å². The molecule has 0 aromatic heterocycles. The summed E-state index contributed by atoms with van der Waals surface area (Å²) < 4.78 is 26.5. The zero-order chi connectivity index (χ0) is 12.6. The molecule has 5 heteroatoms. The second-order valence-corrected chi connectivity index (χ2v) is 4.30. The topological polar surface area (TPSA) is 26.0 Å². The van der Waals surface area contributed by atoms with Gasteiger partial charge in [-0.05, 0) is 23.8 Å². The van der Waals surface area contributed by atoms with E-state index in [-0.39, 0.29) is 16.3 Å². The van der Waals surface area contributed by atoms with Gasteiger partial charge in [0.25, 0.3) is 0 Å². The van der Waals surface area contributed by atoms with Crippen molar-refractivity contribution in [2.24, 2.45) is 0 Å². The SMILES string of the molecule is Nc1cc(F)cc(F)c1-c1ccc(Cl)c(Cl)c1. The molecule has 0 amide bonds. The molecule has 0 aliphatic rings. The van der Waals surface area contributed by atoms with Gasteiger partial charge < -0.3 is 5.73 Å². The van der Waals surface area contributed by atoms with Crippen LogP contribution in [0.25, 0.3) is 11.1 Å². The van der Waals surface area contributed by atoms with E-state index >= 15 is 0 Å². The third kappa shape index (κ3) is 2.35. The van der Waals surface area contributed by atoms with Crippen LogP contribution < -0.4 is 5.73 Å². The highest BCUT2D eigenvalue weighted by Crippen LogP contribution is 2.33. The average molecular weight is 274 g/mol. The molecule has 0 spiro atoms. The molecule has 2 N–H and O–H groups in total. The van der Waals surface area contributed by atoms with Gasteiger partial charge in [0.2, 0.25) is 0 Å². The standard InChI is InChI=1S/C12H7Cl2F2N/c13-8-2-1-6(3-9(8)14)12-10(16)4-7(15)5-11(12)17/h1-5H,17H2. The van der Waals surface area contributed by atoms with Crippen molar-refractivity contribution in [3.8, 4) is 11.1 Å². The lowest BCUT2D eigenvalue weighted by atomic mass is 10.0. The molecule has 2 aromatic carbocycles. The Balaban J connectivity index is 2.64. The van der Waals surface area contributed by atoms with Crippen LogP contribution in [0.1, 0.15) is 0 Å². The molecule has 0 saturated carbocycles. The third-order valence-corrected chi connectivity index (χ3v) is 3.03. The fourth-order valence-corrected chi connectivity index (χ4v) is 1.85. The van der Waals surface area contributed by atoms with Gasteiger partial charge in [-0.15, -0.1) is 0 Å². The second-order valence-electron chi connectivity index (χ2n) is 3.48. The lowest BCUT2D eigenvalue weighted by Gasteiger charge is -2.08. The van der Waals surface area contributed by atoms with Gasteiger partial charge in [0.1, 0.15) is 11.6 Å². The van der Waals surface area contributed by atoms with Gasteiger partial charge in [-0.3, -0.25) is 0 Å². The highest BCUT2D eigenvalue weighted by atomic mass is 35.5. The van der Waals surface area contributed by atoms with Crippen LogP contribution in [0.4, 0.5) is 14.5 Å². The van der Waals surface area contributed by atoms with E-state index in [4.69, 9.17) is 28.9 Å². The molecule has 0 fully saturated rings. The average Bonchev–Trinajstić information content (AvgIpc) is 2.21. The summed E-state index contributed by atoms with van der Waals surface area (Å²) >= 11 is 11.6. The fraction of sp³-hybridized carbons (Fsp3) is 0. The van der Waals surface area contributed by atoms with Crippen LogP contribution in [-0.4, -0.2) is 0 Å². The first-order valence-electron chi connectivity index (χ1n) is 4.69. The zero-order valence-electron chi connectivity index (χ0n) is 8.48. The van der Waals surface area contributed by atoms with Crippen molar-refractivity contribution >= 4 is 28.9 Å². The van der Waals surface area contributed by atoms with Crippen LogP contribution in [0.5, 0.6) is 0 Å². The highest BCUT2D eigenvalue weighted by Gasteiger charge is 2.12. The number of rotatable bonds is 1. The van der Waals surface area contributed by atoms with Gasteiger partial charge in [-0.1, -0.05) is 29.3 Å². The van der Waals surface area contributed by atoms with Gasteiger partial charge in [-0.25, -0.2) is 8.78 Å². The van der Waals surface area contributed by atoms with Crippen molar-refractivity contribution in [3.05, 3.63) is 52.0 Å². The molecule has 2 rings (SSSR count). The number of nitrogen functional groups attached to an aromatic ring is 1. The molecule has 88 valence electrons. The Kier molecular flexibility index (Phi) is 3.22. The first-order chi connectivity index (χ1) is 7.99. The molecule has 0 saturated heterocycles. The van der Waals surface area contributed by atoms with Gasteiger partial charge in [0, 0.05) is 17.3 Å². The van der Waals surface area contributed by atoms with Crippen molar-refractivity contribution in [1.29, 1.82) is 0 Å². The number of hydrogen-bond donors (Lipinski definition) is 1. The first kappa shape index (κ1) is 12.1. The van der Waals surface area contributed by atoms with Gasteiger partial charge in [-0.2, -0.15) is 0 Å². The fourth-order valence-electron chi connectivity index (χ4n) is 1.55. The Morgan fingerprint density at radius 3 is 2.24 bits per heavy atom. The van der Waals surface area contributed by atoms with E-state index in [1.807, 2.05) is 0 Å². The molecule has 0 aliphatic carbocycles. The molecular weight excluding hydrogens is 267 g/mol. The maximum Gasteiger partial charge on any atom is 0.136 e. The van der Waals surface area contributed by atoms with Crippen LogP contribution in [-0.2, 0) is 0 Å². The third-order valence-electron chi connectivity index (χ3n) is 2.29. The van der Waals surface area contributed by atoms with Crippen LogP contribution in [0.3, 0.4) is 0 Å². The van der Waals surface area contributed by atoms with Crippen molar-refractivity contribution in [3.63, 3.8) is 0 Å². The predicted molar refractivity (Wildman–Crippen MR) is 66.2 cm³/mol. The minimum Gasteiger partial charge on any atom is -0.398 e. The summed E-state index contributed by atoms with van der Waals surface area (Å²) in [4.78, 5) is 0. The van der Waals surface area contributed by atoms with E-state index in [1.165, 1.54) is 12.1 Å². The molecule has 0 atom stereocenters. The Labute approximate surface area is 107 Å². The molecule has 1 nitrogen and oxygen atoms in total. The summed E-state index contributed by atoms with van der Waals surface area (Å²) in [6.45, 7) is 0. The number of benzene rings is 2. The van der Waals surface area contributed by atoms with Crippen molar-refractivity contribution < 1.29 is 8.78 Å².